The van der Waals surface area contributed by atoms with Gasteiger partial charge in [-0.2, -0.15) is 0 Å². The quantitative estimate of drug-likeness (QED) is 0.788. The average molecular weight is 235 g/mol. The Morgan fingerprint density at radius 3 is 2.94 bits per heavy atom. The molecule has 0 bridgehead atoms. The van der Waals surface area contributed by atoms with E-state index in [2.05, 4.69) is 17.2 Å². The van der Waals surface area contributed by atoms with Gasteiger partial charge in [0.2, 0.25) is 0 Å². The first-order valence-electron chi connectivity index (χ1n) is 5.65. The molecule has 0 aliphatic carbocycles. The molecule has 0 amide bonds. The summed E-state index contributed by atoms with van der Waals surface area (Å²) in [5, 5.41) is 12.2. The van der Waals surface area contributed by atoms with Crippen LogP contribution in [0.4, 0.5) is 0 Å². The maximum Gasteiger partial charge on any atom is 0.129 e. The van der Waals surface area contributed by atoms with E-state index in [4.69, 9.17) is 9.52 Å². The van der Waals surface area contributed by atoms with Crippen molar-refractivity contribution in [2.24, 2.45) is 0 Å². The molecule has 2 aromatic rings. The third-order valence-corrected chi connectivity index (χ3v) is 2.54. The van der Waals surface area contributed by atoms with Crippen molar-refractivity contribution in [1.82, 2.24) is 14.9 Å². The Morgan fingerprint density at radius 1 is 1.47 bits per heavy atom. The van der Waals surface area contributed by atoms with E-state index in [1.807, 2.05) is 16.8 Å². The maximum atomic E-state index is 8.88. The van der Waals surface area contributed by atoms with Crippen molar-refractivity contribution in [2.45, 2.75) is 32.7 Å². The number of aliphatic hydroxyl groups is 1. The van der Waals surface area contributed by atoms with E-state index in [0.29, 0.717) is 18.3 Å². The van der Waals surface area contributed by atoms with E-state index in [1.54, 1.807) is 18.6 Å². The van der Waals surface area contributed by atoms with Crippen molar-refractivity contribution in [3.05, 3.63) is 42.4 Å². The Bertz CT molecular complexity index is 436. The van der Waals surface area contributed by atoms with Crippen LogP contribution in [0.2, 0.25) is 0 Å². The fourth-order valence-corrected chi connectivity index (χ4v) is 1.65. The zero-order chi connectivity index (χ0) is 12.1. The van der Waals surface area contributed by atoms with Crippen molar-refractivity contribution in [3.63, 3.8) is 0 Å². The summed E-state index contributed by atoms with van der Waals surface area (Å²) in [6.07, 6.45) is 5.51. The molecule has 17 heavy (non-hydrogen) atoms. The number of rotatable bonds is 6. The molecule has 92 valence electrons. The van der Waals surface area contributed by atoms with Crippen molar-refractivity contribution in [3.8, 4) is 0 Å². The Hall–Kier alpha value is -1.59. The molecule has 0 saturated heterocycles. The molecule has 0 fully saturated rings. The minimum atomic E-state index is -0.0510. The van der Waals surface area contributed by atoms with Crippen LogP contribution in [-0.4, -0.2) is 20.7 Å². The number of aromatic nitrogens is 2. The van der Waals surface area contributed by atoms with Gasteiger partial charge in [-0.1, -0.05) is 0 Å². The van der Waals surface area contributed by atoms with Crippen LogP contribution in [0.5, 0.6) is 0 Å². The smallest absolute Gasteiger partial charge is 0.129 e. The molecule has 0 aliphatic rings. The SMILES string of the molecule is CC(Cn1ccnc1)NCc1ccc(CO)o1. The van der Waals surface area contributed by atoms with Crippen molar-refractivity contribution >= 4 is 0 Å². The fraction of sp³-hybridized carbons (Fsp3) is 0.417. The van der Waals surface area contributed by atoms with E-state index < -0.39 is 0 Å². The van der Waals surface area contributed by atoms with Gasteiger partial charge in [0, 0.05) is 25.0 Å². The lowest BCUT2D eigenvalue weighted by atomic mass is 10.3. The minimum absolute atomic E-state index is 0.0510. The molecule has 1 unspecified atom stereocenters. The van der Waals surface area contributed by atoms with E-state index >= 15 is 0 Å². The van der Waals surface area contributed by atoms with E-state index in [-0.39, 0.29) is 6.61 Å². The first-order valence-corrected chi connectivity index (χ1v) is 5.65. The van der Waals surface area contributed by atoms with Gasteiger partial charge in [0.15, 0.2) is 0 Å². The minimum Gasteiger partial charge on any atom is -0.462 e. The molecule has 2 aromatic heterocycles. The van der Waals surface area contributed by atoms with Crippen LogP contribution in [-0.2, 0) is 19.7 Å². The second-order valence-electron chi connectivity index (χ2n) is 4.07. The molecule has 0 spiro atoms. The molecule has 2 heterocycles. The lowest BCUT2D eigenvalue weighted by Gasteiger charge is -2.13. The zero-order valence-corrected chi connectivity index (χ0v) is 9.84. The largest absolute Gasteiger partial charge is 0.462 e. The molecular formula is C12H17N3O2. The van der Waals surface area contributed by atoms with Gasteiger partial charge in [0.25, 0.3) is 0 Å². The van der Waals surface area contributed by atoms with Crippen molar-refractivity contribution in [2.75, 3.05) is 0 Å². The molecule has 2 rings (SSSR count). The predicted molar refractivity (Wildman–Crippen MR) is 63.2 cm³/mol. The Morgan fingerprint density at radius 2 is 2.29 bits per heavy atom. The standard InChI is InChI=1S/C12H17N3O2/c1-10(7-15-5-4-13-9-15)14-6-11-2-3-12(8-16)17-11/h2-5,9-10,14,16H,6-8H2,1H3. The number of furan rings is 1. The summed E-state index contributed by atoms with van der Waals surface area (Å²) in [7, 11) is 0. The normalized spacial score (nSPS) is 12.8. The molecule has 0 radical (unpaired) electrons. The Kier molecular flexibility index (Phi) is 3.95. The van der Waals surface area contributed by atoms with Gasteiger partial charge in [-0.25, -0.2) is 4.98 Å². The van der Waals surface area contributed by atoms with Gasteiger partial charge in [-0.15, -0.1) is 0 Å². The summed E-state index contributed by atoms with van der Waals surface area (Å²) >= 11 is 0. The Labute approximate surface area is 100 Å². The topological polar surface area (TPSA) is 63.2 Å². The molecule has 0 aliphatic heterocycles. The van der Waals surface area contributed by atoms with Crippen LogP contribution >= 0.6 is 0 Å². The number of imidazole rings is 1. The number of nitrogens with zero attached hydrogens (tertiary/aromatic N) is 2. The molecule has 5 nitrogen and oxygen atoms in total. The van der Waals surface area contributed by atoms with E-state index in [1.165, 1.54) is 0 Å². The van der Waals surface area contributed by atoms with Gasteiger partial charge < -0.3 is 19.4 Å². The van der Waals surface area contributed by atoms with Gasteiger partial charge in [0.05, 0.1) is 12.9 Å². The third kappa shape index (κ3) is 3.44. The highest BCUT2D eigenvalue weighted by Gasteiger charge is 2.05. The van der Waals surface area contributed by atoms with Gasteiger partial charge in [-0.3, -0.25) is 0 Å². The highest BCUT2D eigenvalue weighted by molar-refractivity contribution is 5.06. The van der Waals surface area contributed by atoms with E-state index in [0.717, 1.165) is 12.3 Å². The summed E-state index contributed by atoms with van der Waals surface area (Å²) in [6.45, 7) is 3.59. The molecule has 0 aromatic carbocycles. The summed E-state index contributed by atoms with van der Waals surface area (Å²) < 4.78 is 7.41. The molecule has 1 atom stereocenters. The van der Waals surface area contributed by atoms with Gasteiger partial charge in [0.1, 0.15) is 18.1 Å². The number of hydrogen-bond acceptors (Lipinski definition) is 4. The van der Waals surface area contributed by atoms with Crippen LogP contribution in [0.25, 0.3) is 0 Å². The number of hydrogen-bond donors (Lipinski definition) is 2. The number of aliphatic hydroxyl groups excluding tert-OH is 1. The monoisotopic (exact) mass is 235 g/mol. The molecule has 2 N–H and O–H groups in total. The van der Waals surface area contributed by atoms with Crippen molar-refractivity contribution in [1.29, 1.82) is 0 Å². The summed E-state index contributed by atoms with van der Waals surface area (Å²) in [5.74, 6) is 1.44. The highest BCUT2D eigenvalue weighted by atomic mass is 16.4. The Balaban J connectivity index is 1.77. The third-order valence-electron chi connectivity index (χ3n) is 2.54. The first kappa shape index (κ1) is 11.9. The highest BCUT2D eigenvalue weighted by Crippen LogP contribution is 2.07. The molecular weight excluding hydrogens is 218 g/mol. The van der Waals surface area contributed by atoms with E-state index in [9.17, 15) is 0 Å². The summed E-state index contributed by atoms with van der Waals surface area (Å²) in [4.78, 5) is 4.00. The second kappa shape index (κ2) is 5.65. The predicted octanol–water partition coefficient (Wildman–Crippen LogP) is 1.15. The molecule has 5 heteroatoms. The maximum absolute atomic E-state index is 8.88. The average Bonchev–Trinajstić information content (AvgIpc) is 2.96. The van der Waals surface area contributed by atoms with Gasteiger partial charge in [-0.05, 0) is 19.1 Å². The molecule has 0 saturated carbocycles. The van der Waals surface area contributed by atoms with Crippen molar-refractivity contribution < 1.29 is 9.52 Å². The second-order valence-corrected chi connectivity index (χ2v) is 4.07. The van der Waals surface area contributed by atoms with Crippen LogP contribution in [0, 0.1) is 0 Å². The van der Waals surface area contributed by atoms with Crippen LogP contribution in [0.15, 0.2) is 35.3 Å². The van der Waals surface area contributed by atoms with Crippen LogP contribution in [0.1, 0.15) is 18.4 Å². The number of nitrogens with one attached hydrogen (secondary N) is 1. The lowest BCUT2D eigenvalue weighted by molar-refractivity contribution is 0.242. The van der Waals surface area contributed by atoms with Crippen LogP contribution < -0.4 is 5.32 Å². The summed E-state index contributed by atoms with van der Waals surface area (Å²) in [5.41, 5.74) is 0. The summed E-state index contributed by atoms with van der Waals surface area (Å²) in [6, 6.07) is 3.99. The van der Waals surface area contributed by atoms with Crippen LogP contribution in [0.3, 0.4) is 0 Å². The lowest BCUT2D eigenvalue weighted by Crippen LogP contribution is -2.29. The zero-order valence-electron chi connectivity index (χ0n) is 9.84. The first-order chi connectivity index (χ1) is 8.28. The fourth-order valence-electron chi connectivity index (χ4n) is 1.65. The van der Waals surface area contributed by atoms with Gasteiger partial charge >= 0.3 is 0 Å².